The summed E-state index contributed by atoms with van der Waals surface area (Å²) in [5.41, 5.74) is 5.00. The van der Waals surface area contributed by atoms with E-state index in [1.165, 1.54) is 11.1 Å². The molecule has 2 rings (SSSR count). The van der Waals surface area contributed by atoms with Crippen LogP contribution in [0.25, 0.3) is 0 Å². The lowest BCUT2D eigenvalue weighted by Gasteiger charge is -2.15. The third kappa shape index (κ3) is 5.29. The van der Waals surface area contributed by atoms with Crippen LogP contribution >= 0.6 is 0 Å². The van der Waals surface area contributed by atoms with Crippen LogP contribution < -0.4 is 10.6 Å². The molecule has 0 radical (unpaired) electrons. The van der Waals surface area contributed by atoms with Crippen LogP contribution in [0.3, 0.4) is 0 Å². The van der Waals surface area contributed by atoms with Crippen molar-refractivity contribution >= 4 is 17.3 Å². The molecule has 0 atom stereocenters. The Bertz CT molecular complexity index is 662. The topological polar surface area (TPSA) is 63.2 Å². The van der Waals surface area contributed by atoms with Crippen LogP contribution in [0.4, 0.5) is 11.4 Å². The van der Waals surface area contributed by atoms with Crippen LogP contribution in [0.15, 0.2) is 36.5 Å². The van der Waals surface area contributed by atoms with Crippen molar-refractivity contribution in [3.8, 4) is 0 Å². The fourth-order valence-corrected chi connectivity index (χ4v) is 2.66. The van der Waals surface area contributed by atoms with Crippen molar-refractivity contribution in [3.63, 3.8) is 0 Å². The Balaban J connectivity index is 2.05. The second kappa shape index (κ2) is 9.79. The highest BCUT2D eigenvalue weighted by atomic mass is 16.5. The minimum Gasteiger partial charge on any atom is -0.385 e. The molecule has 0 unspecified atom stereocenters. The van der Waals surface area contributed by atoms with Gasteiger partial charge in [0.25, 0.3) is 5.91 Å². The van der Waals surface area contributed by atoms with E-state index in [1.807, 2.05) is 6.07 Å². The molecule has 0 aliphatic rings. The van der Waals surface area contributed by atoms with Crippen LogP contribution in [0.2, 0.25) is 0 Å². The molecule has 0 saturated heterocycles. The molecular formula is C20H27N3O2. The lowest BCUT2D eigenvalue weighted by molar-refractivity contribution is 0.0943. The maximum absolute atomic E-state index is 12.0. The fourth-order valence-electron chi connectivity index (χ4n) is 2.66. The minimum absolute atomic E-state index is 0.161. The van der Waals surface area contributed by atoms with Gasteiger partial charge in [0, 0.05) is 25.9 Å². The van der Waals surface area contributed by atoms with E-state index in [4.69, 9.17) is 4.74 Å². The molecule has 0 aliphatic carbocycles. The van der Waals surface area contributed by atoms with Gasteiger partial charge in [-0.25, -0.2) is 4.98 Å². The summed E-state index contributed by atoms with van der Waals surface area (Å²) in [6.07, 6.45) is 4.42. The number of benzene rings is 1. The van der Waals surface area contributed by atoms with Gasteiger partial charge in [0.2, 0.25) is 0 Å². The standard InChI is InChI=1S/C20H27N3O2/c1-4-15-8-6-9-16(5-2)19(15)23-17-10-11-18(22-14-17)20(24)21-12-7-13-25-3/h6,8-11,14,23H,4-5,7,12-13H2,1-3H3,(H,21,24). The zero-order valence-electron chi connectivity index (χ0n) is 15.3. The maximum Gasteiger partial charge on any atom is 0.269 e. The number of carbonyl (C=O) groups is 1. The lowest BCUT2D eigenvalue weighted by atomic mass is 10.0. The van der Waals surface area contributed by atoms with E-state index in [2.05, 4.69) is 47.7 Å². The number of rotatable bonds is 9. The highest BCUT2D eigenvalue weighted by Crippen LogP contribution is 2.26. The van der Waals surface area contributed by atoms with Gasteiger partial charge < -0.3 is 15.4 Å². The molecule has 1 amide bonds. The monoisotopic (exact) mass is 341 g/mol. The Morgan fingerprint density at radius 1 is 1.12 bits per heavy atom. The fraction of sp³-hybridized carbons (Fsp3) is 0.400. The summed E-state index contributed by atoms with van der Waals surface area (Å²) in [5, 5.41) is 6.30. The third-order valence-electron chi connectivity index (χ3n) is 4.08. The Kier molecular flexibility index (Phi) is 7.41. The van der Waals surface area contributed by atoms with Crippen molar-refractivity contribution in [1.82, 2.24) is 10.3 Å². The van der Waals surface area contributed by atoms with Gasteiger partial charge >= 0.3 is 0 Å². The molecule has 2 aromatic rings. The van der Waals surface area contributed by atoms with Crippen molar-refractivity contribution in [2.45, 2.75) is 33.1 Å². The highest BCUT2D eigenvalue weighted by Gasteiger charge is 2.09. The molecule has 2 N–H and O–H groups in total. The average molecular weight is 341 g/mol. The average Bonchev–Trinajstić information content (AvgIpc) is 2.65. The summed E-state index contributed by atoms with van der Waals surface area (Å²) in [6, 6.07) is 10.0. The molecule has 5 heteroatoms. The van der Waals surface area contributed by atoms with Gasteiger partial charge in [0.1, 0.15) is 5.69 Å². The number of ether oxygens (including phenoxy) is 1. The summed E-state index contributed by atoms with van der Waals surface area (Å²) in [7, 11) is 1.65. The van der Waals surface area contributed by atoms with Crippen molar-refractivity contribution in [2.24, 2.45) is 0 Å². The molecule has 134 valence electrons. The Morgan fingerprint density at radius 3 is 2.40 bits per heavy atom. The lowest BCUT2D eigenvalue weighted by Crippen LogP contribution is -2.26. The highest BCUT2D eigenvalue weighted by molar-refractivity contribution is 5.92. The molecule has 1 heterocycles. The Labute approximate surface area is 149 Å². The molecule has 25 heavy (non-hydrogen) atoms. The van der Waals surface area contributed by atoms with E-state index in [1.54, 1.807) is 19.4 Å². The quantitative estimate of drug-likeness (QED) is 0.683. The molecule has 0 bridgehead atoms. The van der Waals surface area contributed by atoms with Gasteiger partial charge in [0.05, 0.1) is 11.9 Å². The number of amides is 1. The van der Waals surface area contributed by atoms with E-state index in [9.17, 15) is 4.79 Å². The predicted octanol–water partition coefficient (Wildman–Crippen LogP) is 3.72. The van der Waals surface area contributed by atoms with Crippen molar-refractivity contribution in [1.29, 1.82) is 0 Å². The summed E-state index contributed by atoms with van der Waals surface area (Å²) in [6.45, 7) is 5.51. The van der Waals surface area contributed by atoms with Gasteiger partial charge in [-0.15, -0.1) is 0 Å². The number of aryl methyl sites for hydroxylation is 2. The number of carbonyl (C=O) groups excluding carboxylic acids is 1. The number of pyridine rings is 1. The van der Waals surface area contributed by atoms with Crippen LogP contribution in [0.5, 0.6) is 0 Å². The van der Waals surface area contributed by atoms with E-state index < -0.39 is 0 Å². The number of methoxy groups -OCH3 is 1. The maximum atomic E-state index is 12.0. The molecule has 0 fully saturated rings. The third-order valence-corrected chi connectivity index (χ3v) is 4.08. The first-order chi connectivity index (χ1) is 12.2. The molecule has 0 saturated carbocycles. The number of nitrogens with zero attached hydrogens (tertiary/aromatic N) is 1. The molecule has 0 aliphatic heterocycles. The Morgan fingerprint density at radius 2 is 1.84 bits per heavy atom. The predicted molar refractivity (Wildman–Crippen MR) is 102 cm³/mol. The molecular weight excluding hydrogens is 314 g/mol. The van der Waals surface area contributed by atoms with Crippen molar-refractivity contribution in [3.05, 3.63) is 53.3 Å². The number of hydrogen-bond acceptors (Lipinski definition) is 4. The number of nitrogens with one attached hydrogen (secondary N) is 2. The number of para-hydroxylation sites is 1. The SMILES string of the molecule is CCc1cccc(CC)c1Nc1ccc(C(=O)NCCCOC)nc1. The second-order valence-electron chi connectivity index (χ2n) is 5.82. The van der Waals surface area contributed by atoms with Crippen molar-refractivity contribution in [2.75, 3.05) is 25.6 Å². The van der Waals surface area contributed by atoms with Crippen LogP contribution in [-0.2, 0) is 17.6 Å². The molecule has 5 nitrogen and oxygen atoms in total. The largest absolute Gasteiger partial charge is 0.385 e. The van der Waals surface area contributed by atoms with Crippen LogP contribution in [-0.4, -0.2) is 31.2 Å². The first-order valence-corrected chi connectivity index (χ1v) is 8.80. The smallest absolute Gasteiger partial charge is 0.269 e. The molecule has 1 aromatic carbocycles. The van der Waals surface area contributed by atoms with Crippen LogP contribution in [0.1, 0.15) is 41.9 Å². The van der Waals surface area contributed by atoms with E-state index >= 15 is 0 Å². The summed E-state index contributed by atoms with van der Waals surface area (Å²) < 4.78 is 4.96. The van der Waals surface area contributed by atoms with E-state index in [0.29, 0.717) is 18.8 Å². The van der Waals surface area contributed by atoms with Crippen molar-refractivity contribution < 1.29 is 9.53 Å². The van der Waals surface area contributed by atoms with Gasteiger partial charge in [-0.05, 0) is 42.5 Å². The van der Waals surface area contributed by atoms with Crippen LogP contribution in [0, 0.1) is 0 Å². The van der Waals surface area contributed by atoms with E-state index in [0.717, 1.165) is 30.6 Å². The van der Waals surface area contributed by atoms with Gasteiger partial charge in [-0.1, -0.05) is 32.0 Å². The normalized spacial score (nSPS) is 10.5. The number of aromatic nitrogens is 1. The number of anilines is 2. The molecule has 1 aromatic heterocycles. The minimum atomic E-state index is -0.161. The number of hydrogen-bond donors (Lipinski definition) is 2. The first-order valence-electron chi connectivity index (χ1n) is 8.80. The Hall–Kier alpha value is -2.40. The zero-order valence-corrected chi connectivity index (χ0v) is 15.3. The van der Waals surface area contributed by atoms with Gasteiger partial charge in [-0.2, -0.15) is 0 Å². The van der Waals surface area contributed by atoms with E-state index in [-0.39, 0.29) is 5.91 Å². The van der Waals surface area contributed by atoms with Gasteiger partial charge in [-0.3, -0.25) is 4.79 Å². The second-order valence-corrected chi connectivity index (χ2v) is 5.82. The van der Waals surface area contributed by atoms with Gasteiger partial charge in [0.15, 0.2) is 0 Å². The molecule has 0 spiro atoms. The summed E-state index contributed by atoms with van der Waals surface area (Å²) in [4.78, 5) is 16.3. The summed E-state index contributed by atoms with van der Waals surface area (Å²) >= 11 is 0. The first kappa shape index (κ1) is 18.9. The summed E-state index contributed by atoms with van der Waals surface area (Å²) in [5.74, 6) is -0.161. The zero-order chi connectivity index (χ0) is 18.1.